The van der Waals surface area contributed by atoms with Gasteiger partial charge in [-0.15, -0.1) is 6.42 Å². The lowest BCUT2D eigenvalue weighted by Gasteiger charge is -2.18. The van der Waals surface area contributed by atoms with Crippen LogP contribution in [0, 0.1) is 11.7 Å². The van der Waals surface area contributed by atoms with Crippen LogP contribution < -0.4 is 0 Å². The minimum Gasteiger partial charge on any atom is -0.108 e. The molecule has 0 radical (unpaired) electrons. The molecule has 13 heavy (non-hydrogen) atoms. The number of benzene rings is 1. The van der Waals surface area contributed by atoms with Crippen LogP contribution in [0.4, 0.5) is 0 Å². The predicted octanol–water partition coefficient (Wildman–Crippen LogP) is 3.67. The topological polar surface area (TPSA) is 0 Å². The summed E-state index contributed by atoms with van der Waals surface area (Å²) in [5.74, 6) is 0. The van der Waals surface area contributed by atoms with Gasteiger partial charge in [-0.05, 0) is 40.1 Å². The third kappa shape index (κ3) is 2.82. The van der Waals surface area contributed by atoms with Crippen molar-refractivity contribution in [3.05, 3.63) is 29.8 Å². The van der Waals surface area contributed by atoms with Gasteiger partial charge < -0.3 is 0 Å². The fourth-order valence-electron chi connectivity index (χ4n) is 1.09. The molecule has 0 aromatic heterocycles. The van der Waals surface area contributed by atoms with E-state index < -0.39 is 0 Å². The van der Waals surface area contributed by atoms with Gasteiger partial charge in [-0.3, -0.25) is 0 Å². The van der Waals surface area contributed by atoms with Crippen molar-refractivity contribution in [2.75, 3.05) is 0 Å². The van der Waals surface area contributed by atoms with Gasteiger partial charge in [-0.1, -0.05) is 32.9 Å². The second-order valence-corrected chi connectivity index (χ2v) is 4.91. The number of hydrogen-bond acceptors (Lipinski definition) is 1. The summed E-state index contributed by atoms with van der Waals surface area (Å²) in [6.07, 6.45) is 5.20. The van der Waals surface area contributed by atoms with Crippen molar-refractivity contribution < 1.29 is 0 Å². The smallest absolute Gasteiger partial charge is 0.0203 e. The lowest BCUT2D eigenvalue weighted by molar-refractivity contribution is 0.590. The minimum atomic E-state index is 0.222. The van der Waals surface area contributed by atoms with Crippen LogP contribution >= 0.6 is 11.8 Å². The van der Waals surface area contributed by atoms with E-state index >= 15 is 0 Å². The second kappa shape index (κ2) is 3.89. The van der Waals surface area contributed by atoms with E-state index in [9.17, 15) is 0 Å². The van der Waals surface area contributed by atoms with Crippen LogP contribution in [0.5, 0.6) is 0 Å². The number of thioether (sulfide) groups is 1. The van der Waals surface area contributed by atoms with E-state index in [-0.39, 0.29) is 5.41 Å². The molecule has 0 heterocycles. The third-order valence-electron chi connectivity index (χ3n) is 1.90. The summed E-state index contributed by atoms with van der Waals surface area (Å²) in [6.45, 7) is 6.61. The van der Waals surface area contributed by atoms with Crippen molar-refractivity contribution in [2.24, 2.45) is 0 Å². The third-order valence-corrected chi connectivity index (χ3v) is 2.52. The van der Waals surface area contributed by atoms with Crippen molar-refractivity contribution in [3.8, 4) is 11.7 Å². The maximum absolute atomic E-state index is 5.20. The molecule has 0 bridgehead atoms. The highest BCUT2D eigenvalue weighted by Gasteiger charge is 2.12. The van der Waals surface area contributed by atoms with Gasteiger partial charge in [0, 0.05) is 4.90 Å². The predicted molar refractivity (Wildman–Crippen MR) is 59.8 cm³/mol. The van der Waals surface area contributed by atoms with E-state index in [2.05, 4.69) is 50.3 Å². The molecule has 0 N–H and O–H groups in total. The molecule has 1 aromatic carbocycles. The maximum Gasteiger partial charge on any atom is 0.0203 e. The van der Waals surface area contributed by atoms with Gasteiger partial charge >= 0.3 is 0 Å². The zero-order valence-electron chi connectivity index (χ0n) is 8.29. The van der Waals surface area contributed by atoms with Crippen LogP contribution in [0.2, 0.25) is 0 Å². The van der Waals surface area contributed by atoms with Crippen LogP contribution in [-0.4, -0.2) is 0 Å². The first-order valence-corrected chi connectivity index (χ1v) is 5.08. The lowest BCUT2D eigenvalue weighted by atomic mass is 9.87. The van der Waals surface area contributed by atoms with Gasteiger partial charge in [0.15, 0.2) is 0 Å². The Hall–Kier alpha value is -0.870. The highest BCUT2D eigenvalue weighted by molar-refractivity contribution is 8.03. The van der Waals surface area contributed by atoms with Crippen molar-refractivity contribution >= 4 is 11.8 Å². The Morgan fingerprint density at radius 2 is 1.69 bits per heavy atom. The molecule has 1 rings (SSSR count). The first-order valence-electron chi connectivity index (χ1n) is 4.27. The van der Waals surface area contributed by atoms with E-state index in [0.717, 1.165) is 4.90 Å². The van der Waals surface area contributed by atoms with Gasteiger partial charge in [0.1, 0.15) is 0 Å². The van der Waals surface area contributed by atoms with E-state index in [1.54, 1.807) is 0 Å². The van der Waals surface area contributed by atoms with Gasteiger partial charge in [0.2, 0.25) is 0 Å². The van der Waals surface area contributed by atoms with E-state index in [1.807, 2.05) is 0 Å². The summed E-state index contributed by atoms with van der Waals surface area (Å²) in [4.78, 5) is 1.13. The first-order chi connectivity index (χ1) is 6.04. The van der Waals surface area contributed by atoms with Gasteiger partial charge in [0.25, 0.3) is 0 Å². The van der Waals surface area contributed by atoms with Crippen LogP contribution in [0.15, 0.2) is 29.2 Å². The molecule has 0 fully saturated rings. The Labute approximate surface area is 84.7 Å². The molecule has 0 nitrogen and oxygen atoms in total. The SMILES string of the molecule is C#CSc1ccc(C(C)(C)C)cc1. The number of hydrogen-bond donors (Lipinski definition) is 0. The Balaban J connectivity index is 2.89. The molecule has 0 atom stereocenters. The van der Waals surface area contributed by atoms with E-state index in [1.165, 1.54) is 17.3 Å². The van der Waals surface area contributed by atoms with Crippen molar-refractivity contribution in [3.63, 3.8) is 0 Å². The molecule has 1 aromatic rings. The van der Waals surface area contributed by atoms with Crippen molar-refractivity contribution in [1.29, 1.82) is 0 Å². The summed E-state index contributed by atoms with van der Waals surface area (Å²) in [5, 5.41) is 2.56. The zero-order valence-corrected chi connectivity index (χ0v) is 9.11. The Kier molecular flexibility index (Phi) is 3.06. The monoisotopic (exact) mass is 190 g/mol. The molecular weight excluding hydrogens is 176 g/mol. The first kappa shape index (κ1) is 10.2. The van der Waals surface area contributed by atoms with Crippen LogP contribution in [0.25, 0.3) is 0 Å². The van der Waals surface area contributed by atoms with E-state index in [0.29, 0.717) is 0 Å². The molecule has 0 aliphatic rings. The van der Waals surface area contributed by atoms with Crippen LogP contribution in [0.3, 0.4) is 0 Å². The van der Waals surface area contributed by atoms with E-state index in [4.69, 9.17) is 6.42 Å². The molecule has 68 valence electrons. The maximum atomic E-state index is 5.20. The molecular formula is C12H14S. The fraction of sp³-hybridized carbons (Fsp3) is 0.333. The highest BCUT2D eigenvalue weighted by Crippen LogP contribution is 2.24. The molecule has 0 unspecified atom stereocenters. The van der Waals surface area contributed by atoms with Gasteiger partial charge in [-0.25, -0.2) is 0 Å². The second-order valence-electron chi connectivity index (χ2n) is 3.99. The fourth-order valence-corrected chi connectivity index (χ4v) is 1.50. The summed E-state index contributed by atoms with van der Waals surface area (Å²) in [7, 11) is 0. The summed E-state index contributed by atoms with van der Waals surface area (Å²) < 4.78 is 0. The average molecular weight is 190 g/mol. The van der Waals surface area contributed by atoms with Gasteiger partial charge in [0.05, 0.1) is 0 Å². The Bertz CT molecular complexity index is 308. The quantitative estimate of drug-likeness (QED) is 0.481. The molecule has 0 amide bonds. The largest absolute Gasteiger partial charge is 0.108 e. The molecule has 0 aliphatic carbocycles. The standard InChI is InChI=1S/C12H14S/c1-5-13-11-8-6-10(7-9-11)12(2,3)4/h1,6-9H,2-4H3. The number of rotatable bonds is 1. The van der Waals surface area contributed by atoms with Crippen LogP contribution in [0.1, 0.15) is 26.3 Å². The normalized spacial score (nSPS) is 10.9. The van der Waals surface area contributed by atoms with Gasteiger partial charge in [-0.2, -0.15) is 0 Å². The molecule has 0 aliphatic heterocycles. The Morgan fingerprint density at radius 1 is 1.15 bits per heavy atom. The molecule has 0 spiro atoms. The molecule has 1 heteroatoms. The molecule has 0 saturated heterocycles. The lowest BCUT2D eigenvalue weighted by Crippen LogP contribution is -2.10. The molecule has 0 saturated carbocycles. The Morgan fingerprint density at radius 3 is 2.08 bits per heavy atom. The minimum absolute atomic E-state index is 0.222. The average Bonchev–Trinajstić information content (AvgIpc) is 2.04. The summed E-state index contributed by atoms with van der Waals surface area (Å²) >= 11 is 1.42. The number of terminal acetylenes is 1. The zero-order chi connectivity index (χ0) is 9.90. The van der Waals surface area contributed by atoms with Crippen LogP contribution in [-0.2, 0) is 5.41 Å². The van der Waals surface area contributed by atoms with Crippen molar-refractivity contribution in [2.45, 2.75) is 31.1 Å². The summed E-state index contributed by atoms with van der Waals surface area (Å²) in [6, 6.07) is 8.43. The summed E-state index contributed by atoms with van der Waals surface area (Å²) in [5.41, 5.74) is 1.56. The highest BCUT2D eigenvalue weighted by atomic mass is 32.2. The van der Waals surface area contributed by atoms with Crippen molar-refractivity contribution in [1.82, 2.24) is 0 Å².